The summed E-state index contributed by atoms with van der Waals surface area (Å²) in [5.74, 6) is -2.13. The average Bonchev–Trinajstić information content (AvgIpc) is 2.37. The third kappa shape index (κ3) is 3.57. The van der Waals surface area contributed by atoms with Crippen LogP contribution in [0.2, 0.25) is 0 Å². The minimum Gasteiger partial charge on any atom is -0.481 e. The third-order valence-electron chi connectivity index (χ3n) is 4.58. The molecule has 1 aromatic rings. The van der Waals surface area contributed by atoms with Gasteiger partial charge in [0.25, 0.3) is 0 Å². The molecule has 1 aromatic carbocycles. The molecule has 0 saturated heterocycles. The molecule has 0 aromatic heterocycles. The number of aliphatic carboxylic acids is 1. The topological polar surface area (TPSA) is 63.3 Å². The quantitative estimate of drug-likeness (QED) is 0.779. The number of carboxylic acids is 1. The largest absolute Gasteiger partial charge is 0.481 e. The molecule has 3 N–H and O–H groups in total. The molecule has 21 heavy (non-hydrogen) atoms. The zero-order chi connectivity index (χ0) is 15.8. The van der Waals surface area contributed by atoms with E-state index in [0.717, 1.165) is 25.7 Å². The van der Waals surface area contributed by atoms with Crippen LogP contribution in [0.15, 0.2) is 16.6 Å². The maximum Gasteiger partial charge on any atom is 0.311 e. The van der Waals surface area contributed by atoms with E-state index in [1.165, 1.54) is 12.1 Å². The Morgan fingerprint density at radius 2 is 2.00 bits per heavy atom. The van der Waals surface area contributed by atoms with E-state index in [1.54, 1.807) is 0 Å². The van der Waals surface area contributed by atoms with E-state index in [-0.39, 0.29) is 11.3 Å². The molecular formula is C16H21BrFNO2. The lowest BCUT2D eigenvalue weighted by Gasteiger charge is -2.37. The van der Waals surface area contributed by atoms with E-state index in [1.807, 2.05) is 0 Å². The van der Waals surface area contributed by atoms with Crippen molar-refractivity contribution in [2.24, 2.45) is 11.3 Å². The van der Waals surface area contributed by atoms with Crippen molar-refractivity contribution in [2.75, 3.05) is 5.73 Å². The van der Waals surface area contributed by atoms with E-state index in [9.17, 15) is 14.3 Å². The Morgan fingerprint density at radius 1 is 1.43 bits per heavy atom. The third-order valence-corrected chi connectivity index (χ3v) is 5.24. The van der Waals surface area contributed by atoms with Crippen molar-refractivity contribution >= 4 is 27.6 Å². The first-order chi connectivity index (χ1) is 9.71. The van der Waals surface area contributed by atoms with Crippen molar-refractivity contribution in [1.82, 2.24) is 0 Å². The van der Waals surface area contributed by atoms with E-state index < -0.39 is 17.7 Å². The van der Waals surface area contributed by atoms with Gasteiger partial charge in [0.05, 0.1) is 11.6 Å². The highest BCUT2D eigenvalue weighted by atomic mass is 79.9. The summed E-state index contributed by atoms with van der Waals surface area (Å²) in [6, 6.07) is 2.53. The van der Waals surface area contributed by atoms with Gasteiger partial charge in [0.1, 0.15) is 5.82 Å². The Kier molecular flexibility index (Phi) is 4.61. The smallest absolute Gasteiger partial charge is 0.311 e. The van der Waals surface area contributed by atoms with Crippen LogP contribution in [0, 0.1) is 17.2 Å². The van der Waals surface area contributed by atoms with E-state index in [4.69, 9.17) is 5.73 Å². The second-order valence-corrected chi connectivity index (χ2v) is 7.56. The van der Waals surface area contributed by atoms with Crippen molar-refractivity contribution in [1.29, 1.82) is 0 Å². The van der Waals surface area contributed by atoms with Crippen molar-refractivity contribution < 1.29 is 14.3 Å². The number of nitrogen functional groups attached to an aromatic ring is 1. The van der Waals surface area contributed by atoms with Gasteiger partial charge in [0.15, 0.2) is 0 Å². The van der Waals surface area contributed by atoms with Crippen LogP contribution in [-0.2, 0) is 4.79 Å². The summed E-state index contributed by atoms with van der Waals surface area (Å²) in [5, 5.41) is 9.62. The SMILES string of the molecule is CC1(C)CCC(C(C(=O)O)c2cc(F)cc(Br)c2N)CC1. The first kappa shape index (κ1) is 16.3. The van der Waals surface area contributed by atoms with E-state index in [0.29, 0.717) is 15.7 Å². The van der Waals surface area contributed by atoms with Gasteiger partial charge in [0, 0.05) is 4.47 Å². The Balaban J connectivity index is 2.35. The second-order valence-electron chi connectivity index (χ2n) is 6.71. The van der Waals surface area contributed by atoms with E-state index in [2.05, 4.69) is 29.8 Å². The standard InChI is InChI=1S/C16H21BrFNO2/c1-16(2)5-3-9(4-6-16)13(15(20)21)11-7-10(18)8-12(17)14(11)19/h7-9,13H,3-6,19H2,1-2H3,(H,20,21). The number of hydrogen-bond acceptors (Lipinski definition) is 2. The molecule has 0 radical (unpaired) electrons. The van der Waals surface area contributed by atoms with Crippen molar-refractivity contribution in [2.45, 2.75) is 45.4 Å². The fourth-order valence-corrected chi connectivity index (χ4v) is 3.65. The van der Waals surface area contributed by atoms with E-state index >= 15 is 0 Å². The fraction of sp³-hybridized carbons (Fsp3) is 0.562. The highest BCUT2D eigenvalue weighted by molar-refractivity contribution is 9.10. The number of carboxylic acid groups (broad SMARTS) is 1. The molecule has 3 nitrogen and oxygen atoms in total. The predicted molar refractivity (Wildman–Crippen MR) is 84.6 cm³/mol. The van der Waals surface area contributed by atoms with Gasteiger partial charge in [-0.15, -0.1) is 0 Å². The molecule has 1 aliphatic rings. The molecule has 5 heteroatoms. The van der Waals surface area contributed by atoms with Crippen LogP contribution in [0.1, 0.15) is 51.0 Å². The van der Waals surface area contributed by atoms with Crippen molar-refractivity contribution in [3.05, 3.63) is 28.0 Å². The number of rotatable bonds is 3. The molecule has 0 heterocycles. The van der Waals surface area contributed by atoms with Gasteiger partial charge in [0.2, 0.25) is 0 Å². The molecule has 1 saturated carbocycles. The summed E-state index contributed by atoms with van der Waals surface area (Å²) < 4.78 is 14.1. The van der Waals surface area contributed by atoms with Gasteiger partial charge in [-0.05, 0) is 70.6 Å². The first-order valence-electron chi connectivity index (χ1n) is 7.18. The van der Waals surface area contributed by atoms with Crippen LogP contribution in [0.4, 0.5) is 10.1 Å². The van der Waals surface area contributed by atoms with Gasteiger partial charge in [-0.3, -0.25) is 4.79 Å². The maximum absolute atomic E-state index is 13.6. The normalized spacial score (nSPS) is 20.2. The molecule has 0 aliphatic heterocycles. The summed E-state index contributed by atoms with van der Waals surface area (Å²) in [6.07, 6.45) is 3.63. The van der Waals surface area contributed by atoms with Gasteiger partial charge in [-0.2, -0.15) is 0 Å². The van der Waals surface area contributed by atoms with Crippen molar-refractivity contribution in [3.63, 3.8) is 0 Å². The molecular weight excluding hydrogens is 337 g/mol. The van der Waals surface area contributed by atoms with Crippen LogP contribution in [0.5, 0.6) is 0 Å². The Bertz CT molecular complexity index is 549. The highest BCUT2D eigenvalue weighted by Crippen LogP contribution is 2.45. The van der Waals surface area contributed by atoms with Crippen LogP contribution in [0.3, 0.4) is 0 Å². The van der Waals surface area contributed by atoms with Crippen LogP contribution in [0.25, 0.3) is 0 Å². The zero-order valence-electron chi connectivity index (χ0n) is 12.3. The number of anilines is 1. The Hall–Kier alpha value is -1.10. The molecule has 1 fully saturated rings. The minimum absolute atomic E-state index is 0.00604. The van der Waals surface area contributed by atoms with Crippen molar-refractivity contribution in [3.8, 4) is 0 Å². The average molecular weight is 358 g/mol. The lowest BCUT2D eigenvalue weighted by Crippen LogP contribution is -2.29. The molecule has 1 aliphatic carbocycles. The van der Waals surface area contributed by atoms with Gasteiger partial charge < -0.3 is 10.8 Å². The minimum atomic E-state index is -0.927. The summed E-state index contributed by atoms with van der Waals surface area (Å²) in [4.78, 5) is 11.7. The number of benzene rings is 1. The van der Waals surface area contributed by atoms with Crippen LogP contribution < -0.4 is 5.73 Å². The van der Waals surface area contributed by atoms with Gasteiger partial charge in [-0.25, -0.2) is 4.39 Å². The molecule has 1 atom stereocenters. The van der Waals surface area contributed by atoms with Gasteiger partial charge in [-0.1, -0.05) is 13.8 Å². The number of carbonyl (C=O) groups is 1. The van der Waals surface area contributed by atoms with Crippen LogP contribution >= 0.6 is 15.9 Å². The fourth-order valence-electron chi connectivity index (χ4n) is 3.21. The molecule has 0 bridgehead atoms. The second kappa shape index (κ2) is 5.95. The lowest BCUT2D eigenvalue weighted by atomic mass is 9.68. The van der Waals surface area contributed by atoms with Gasteiger partial charge >= 0.3 is 5.97 Å². The molecule has 0 spiro atoms. The molecule has 1 unspecified atom stereocenters. The lowest BCUT2D eigenvalue weighted by molar-refractivity contribution is -0.140. The number of nitrogens with two attached hydrogens (primary N) is 1. The summed E-state index contributed by atoms with van der Waals surface area (Å²) in [5.41, 5.74) is 6.95. The zero-order valence-corrected chi connectivity index (χ0v) is 13.9. The highest BCUT2D eigenvalue weighted by Gasteiger charge is 2.37. The molecule has 2 rings (SSSR count). The molecule has 116 valence electrons. The predicted octanol–water partition coefficient (Wildman–Crippen LogP) is 4.56. The Labute approximate surface area is 132 Å². The first-order valence-corrected chi connectivity index (χ1v) is 7.98. The molecule has 0 amide bonds. The Morgan fingerprint density at radius 3 is 2.52 bits per heavy atom. The monoisotopic (exact) mass is 357 g/mol. The summed E-state index contributed by atoms with van der Waals surface area (Å²) >= 11 is 3.20. The number of hydrogen-bond donors (Lipinski definition) is 2. The van der Waals surface area contributed by atoms with Crippen LogP contribution in [-0.4, -0.2) is 11.1 Å². The summed E-state index contributed by atoms with van der Waals surface area (Å²) in [7, 11) is 0. The number of halogens is 2. The maximum atomic E-state index is 13.6. The summed E-state index contributed by atoms with van der Waals surface area (Å²) in [6.45, 7) is 4.40.